The van der Waals surface area contributed by atoms with E-state index in [0.29, 0.717) is 17.9 Å². The lowest BCUT2D eigenvalue weighted by atomic mass is 10.1. The number of fused-ring (bicyclic) bond motifs is 1. The van der Waals surface area contributed by atoms with Gasteiger partial charge in [-0.15, -0.1) is 0 Å². The van der Waals surface area contributed by atoms with Crippen LogP contribution < -0.4 is 15.3 Å². The normalized spacial score (nSPS) is 10.7. The van der Waals surface area contributed by atoms with E-state index in [4.69, 9.17) is 9.15 Å². The van der Waals surface area contributed by atoms with Crippen LogP contribution in [0.5, 0.6) is 5.75 Å². The number of benzene rings is 3. The minimum absolute atomic E-state index is 0.136. The zero-order valence-corrected chi connectivity index (χ0v) is 16.6. The van der Waals surface area contributed by atoms with Crippen LogP contribution in [0.1, 0.15) is 11.1 Å². The minimum Gasteiger partial charge on any atom is -0.484 e. The second-order valence-electron chi connectivity index (χ2n) is 7.00. The maximum Gasteiger partial charge on any atom is 0.336 e. The summed E-state index contributed by atoms with van der Waals surface area (Å²) in [6.45, 7) is 2.16. The molecule has 0 N–H and O–H groups in total. The summed E-state index contributed by atoms with van der Waals surface area (Å²) in [7, 11) is 0. The van der Waals surface area contributed by atoms with Gasteiger partial charge in [-0.25, -0.2) is 4.79 Å². The molecule has 1 amide bonds. The minimum atomic E-state index is -0.411. The third-order valence-corrected chi connectivity index (χ3v) is 4.84. The highest BCUT2D eigenvalue weighted by Gasteiger charge is 2.17. The maximum atomic E-state index is 13.0. The van der Waals surface area contributed by atoms with Crippen molar-refractivity contribution in [3.63, 3.8) is 0 Å². The Balaban J connectivity index is 1.54. The molecule has 5 nitrogen and oxygen atoms in total. The molecule has 0 radical (unpaired) electrons. The van der Waals surface area contributed by atoms with Crippen LogP contribution in [0, 0.1) is 6.92 Å². The predicted molar refractivity (Wildman–Crippen MR) is 117 cm³/mol. The van der Waals surface area contributed by atoms with Gasteiger partial charge in [-0.2, -0.15) is 0 Å². The fourth-order valence-corrected chi connectivity index (χ4v) is 3.32. The molecule has 0 aliphatic rings. The van der Waals surface area contributed by atoms with Crippen LogP contribution in [0.4, 0.5) is 5.69 Å². The van der Waals surface area contributed by atoms with Crippen molar-refractivity contribution in [2.24, 2.45) is 0 Å². The van der Waals surface area contributed by atoms with E-state index >= 15 is 0 Å². The summed E-state index contributed by atoms with van der Waals surface area (Å²) in [6.07, 6.45) is 0. The molecular weight excluding hydrogens is 378 g/mol. The standard InChI is InChI=1S/C25H21NO4/c1-18-14-25(28)30-23-15-21(12-13-22(18)23)29-17-24(27)26(20-10-6-3-7-11-20)16-19-8-4-2-5-9-19/h2-15H,16-17H2,1H3. The number of carbonyl (C=O) groups excluding carboxylic acids is 1. The monoisotopic (exact) mass is 399 g/mol. The molecule has 150 valence electrons. The molecule has 0 aliphatic heterocycles. The lowest BCUT2D eigenvalue weighted by Crippen LogP contribution is -2.34. The second kappa shape index (κ2) is 8.66. The molecule has 0 saturated heterocycles. The summed E-state index contributed by atoms with van der Waals surface area (Å²) in [5, 5.41) is 0.836. The van der Waals surface area contributed by atoms with Crippen molar-refractivity contribution in [1.82, 2.24) is 0 Å². The van der Waals surface area contributed by atoms with Gasteiger partial charge < -0.3 is 14.1 Å². The SMILES string of the molecule is Cc1cc(=O)oc2cc(OCC(=O)N(Cc3ccccc3)c3ccccc3)ccc12. The smallest absolute Gasteiger partial charge is 0.336 e. The Hall–Kier alpha value is -3.86. The number of hydrogen-bond acceptors (Lipinski definition) is 4. The van der Waals surface area contributed by atoms with Gasteiger partial charge in [0, 0.05) is 23.2 Å². The van der Waals surface area contributed by atoms with Gasteiger partial charge in [-0.3, -0.25) is 4.79 Å². The van der Waals surface area contributed by atoms with Crippen LogP contribution in [0.15, 0.2) is 94.1 Å². The molecule has 1 aromatic heterocycles. The molecule has 0 bridgehead atoms. The Bertz CT molecular complexity index is 1220. The lowest BCUT2D eigenvalue weighted by Gasteiger charge is -2.23. The van der Waals surface area contributed by atoms with Gasteiger partial charge in [-0.05, 0) is 42.3 Å². The summed E-state index contributed by atoms with van der Waals surface area (Å²) in [6, 6.07) is 26.0. The molecule has 0 unspecified atom stereocenters. The molecule has 0 atom stereocenters. The first-order valence-electron chi connectivity index (χ1n) is 9.67. The molecule has 1 heterocycles. The van der Waals surface area contributed by atoms with Crippen LogP contribution in [-0.2, 0) is 11.3 Å². The Kier molecular flexibility index (Phi) is 5.61. The molecule has 0 fully saturated rings. The van der Waals surface area contributed by atoms with Gasteiger partial charge in [0.2, 0.25) is 0 Å². The summed E-state index contributed by atoms with van der Waals surface area (Å²) in [5.74, 6) is 0.299. The van der Waals surface area contributed by atoms with Gasteiger partial charge >= 0.3 is 5.63 Å². The number of hydrogen-bond donors (Lipinski definition) is 0. The molecule has 0 saturated carbocycles. The van der Waals surface area contributed by atoms with Gasteiger partial charge in [0.1, 0.15) is 11.3 Å². The highest BCUT2D eigenvalue weighted by atomic mass is 16.5. The van der Waals surface area contributed by atoms with Crippen molar-refractivity contribution < 1.29 is 13.9 Å². The molecule has 4 rings (SSSR count). The van der Waals surface area contributed by atoms with E-state index < -0.39 is 5.63 Å². The number of ether oxygens (including phenoxy) is 1. The Morgan fingerprint density at radius 2 is 1.63 bits per heavy atom. The molecular formula is C25H21NO4. The number of nitrogens with zero attached hydrogens (tertiary/aromatic N) is 1. The molecule has 0 spiro atoms. The Labute approximate surface area is 174 Å². The molecule has 3 aromatic carbocycles. The molecule has 0 aliphatic carbocycles. The van der Waals surface area contributed by atoms with Crippen molar-refractivity contribution in [3.8, 4) is 5.75 Å². The lowest BCUT2D eigenvalue weighted by molar-refractivity contribution is -0.120. The predicted octanol–water partition coefficient (Wildman–Crippen LogP) is 4.71. The van der Waals surface area contributed by atoms with Crippen molar-refractivity contribution in [2.75, 3.05) is 11.5 Å². The van der Waals surface area contributed by atoms with E-state index in [1.54, 1.807) is 17.0 Å². The number of rotatable bonds is 6. The second-order valence-corrected chi connectivity index (χ2v) is 7.00. The van der Waals surface area contributed by atoms with E-state index in [1.807, 2.05) is 73.7 Å². The van der Waals surface area contributed by atoms with Crippen LogP contribution in [0.25, 0.3) is 11.0 Å². The average molecular weight is 399 g/mol. The summed E-state index contributed by atoms with van der Waals surface area (Å²) in [5.41, 5.74) is 2.69. The Morgan fingerprint density at radius 1 is 0.933 bits per heavy atom. The fraction of sp³-hybridized carbons (Fsp3) is 0.120. The number of para-hydroxylation sites is 1. The summed E-state index contributed by atoms with van der Waals surface area (Å²) < 4.78 is 11.0. The van der Waals surface area contributed by atoms with E-state index in [9.17, 15) is 9.59 Å². The van der Waals surface area contributed by atoms with E-state index in [2.05, 4.69) is 0 Å². The van der Waals surface area contributed by atoms with Crippen LogP contribution in [0.3, 0.4) is 0 Å². The first kappa shape index (κ1) is 19.5. The fourth-order valence-electron chi connectivity index (χ4n) is 3.32. The van der Waals surface area contributed by atoms with Crippen molar-refractivity contribution in [3.05, 3.63) is 106 Å². The van der Waals surface area contributed by atoms with Gasteiger partial charge in [0.05, 0.1) is 6.54 Å². The van der Waals surface area contributed by atoms with Crippen LogP contribution in [0.2, 0.25) is 0 Å². The number of carbonyl (C=O) groups is 1. The summed E-state index contributed by atoms with van der Waals surface area (Å²) >= 11 is 0. The molecule has 5 heteroatoms. The largest absolute Gasteiger partial charge is 0.484 e. The molecule has 4 aromatic rings. The summed E-state index contributed by atoms with van der Waals surface area (Å²) in [4.78, 5) is 26.3. The Morgan fingerprint density at radius 3 is 2.37 bits per heavy atom. The highest BCUT2D eigenvalue weighted by molar-refractivity contribution is 5.94. The van der Waals surface area contributed by atoms with E-state index in [0.717, 1.165) is 22.2 Å². The van der Waals surface area contributed by atoms with E-state index in [1.165, 1.54) is 6.07 Å². The third-order valence-electron chi connectivity index (χ3n) is 4.84. The first-order valence-corrected chi connectivity index (χ1v) is 9.67. The van der Waals surface area contributed by atoms with Crippen molar-refractivity contribution in [1.29, 1.82) is 0 Å². The third kappa shape index (κ3) is 4.41. The van der Waals surface area contributed by atoms with Gasteiger partial charge in [0.15, 0.2) is 6.61 Å². The maximum absolute atomic E-state index is 13.0. The average Bonchev–Trinajstić information content (AvgIpc) is 2.77. The number of anilines is 1. The molecule has 30 heavy (non-hydrogen) atoms. The van der Waals surface area contributed by atoms with Crippen molar-refractivity contribution in [2.45, 2.75) is 13.5 Å². The van der Waals surface area contributed by atoms with E-state index in [-0.39, 0.29) is 12.5 Å². The zero-order chi connectivity index (χ0) is 20.9. The number of aryl methyl sites for hydroxylation is 1. The first-order chi connectivity index (χ1) is 14.6. The van der Waals surface area contributed by atoms with Crippen LogP contribution in [-0.4, -0.2) is 12.5 Å². The quantitative estimate of drug-likeness (QED) is 0.441. The topological polar surface area (TPSA) is 59.8 Å². The zero-order valence-electron chi connectivity index (χ0n) is 16.6. The van der Waals surface area contributed by atoms with Gasteiger partial charge in [-0.1, -0.05) is 48.5 Å². The van der Waals surface area contributed by atoms with Crippen molar-refractivity contribution >= 4 is 22.6 Å². The van der Waals surface area contributed by atoms with Gasteiger partial charge in [0.25, 0.3) is 5.91 Å². The highest BCUT2D eigenvalue weighted by Crippen LogP contribution is 2.23. The number of amides is 1. The van der Waals surface area contributed by atoms with Crippen LogP contribution >= 0.6 is 0 Å².